The minimum absolute atomic E-state index is 0.542. The minimum atomic E-state index is 0.542. The quantitative estimate of drug-likeness (QED) is 0.817. The van der Waals surface area contributed by atoms with Crippen LogP contribution in [0.3, 0.4) is 0 Å². The van der Waals surface area contributed by atoms with E-state index in [1.807, 2.05) is 6.20 Å². The molecule has 0 bridgehead atoms. The molecule has 0 aliphatic carbocycles. The van der Waals surface area contributed by atoms with Gasteiger partial charge in [0.05, 0.1) is 6.61 Å². The number of thioether (sulfide) groups is 1. The van der Waals surface area contributed by atoms with E-state index in [1.54, 1.807) is 7.11 Å². The molecular weight excluding hydrogens is 282 g/mol. The Morgan fingerprint density at radius 3 is 3.00 bits per heavy atom. The summed E-state index contributed by atoms with van der Waals surface area (Å²) in [5.74, 6) is 2.34. The summed E-state index contributed by atoms with van der Waals surface area (Å²) < 4.78 is 5.04. The van der Waals surface area contributed by atoms with Crippen LogP contribution in [0.2, 0.25) is 0 Å². The lowest BCUT2D eigenvalue weighted by Crippen LogP contribution is -2.45. The highest BCUT2D eigenvalue weighted by Gasteiger charge is 2.26. The SMILES string of the molecule is COCCNCc1cnc(N2CCSC(C)C2C)c(C)c1. The Labute approximate surface area is 132 Å². The van der Waals surface area contributed by atoms with Gasteiger partial charge in [0.1, 0.15) is 5.82 Å². The first-order valence-corrected chi connectivity index (χ1v) is 8.71. The third-order valence-electron chi connectivity index (χ3n) is 4.08. The van der Waals surface area contributed by atoms with Crippen LogP contribution in [0, 0.1) is 6.92 Å². The number of hydrogen-bond acceptors (Lipinski definition) is 5. The molecule has 21 heavy (non-hydrogen) atoms. The zero-order chi connectivity index (χ0) is 15.2. The van der Waals surface area contributed by atoms with E-state index < -0.39 is 0 Å². The van der Waals surface area contributed by atoms with E-state index in [9.17, 15) is 0 Å². The van der Waals surface area contributed by atoms with Gasteiger partial charge in [0.2, 0.25) is 0 Å². The predicted molar refractivity (Wildman–Crippen MR) is 91.3 cm³/mol. The largest absolute Gasteiger partial charge is 0.383 e. The van der Waals surface area contributed by atoms with Gasteiger partial charge in [0.25, 0.3) is 0 Å². The Morgan fingerprint density at radius 2 is 2.29 bits per heavy atom. The molecule has 0 amide bonds. The van der Waals surface area contributed by atoms with Crippen molar-refractivity contribution < 1.29 is 4.74 Å². The van der Waals surface area contributed by atoms with Crippen molar-refractivity contribution in [3.05, 3.63) is 23.4 Å². The number of pyridine rings is 1. The Bertz CT molecular complexity index is 455. The number of methoxy groups -OCH3 is 1. The van der Waals surface area contributed by atoms with Gasteiger partial charge >= 0.3 is 0 Å². The fraction of sp³-hybridized carbons (Fsp3) is 0.688. The third-order valence-corrected chi connectivity index (χ3v) is 5.41. The summed E-state index contributed by atoms with van der Waals surface area (Å²) >= 11 is 2.06. The highest BCUT2D eigenvalue weighted by atomic mass is 32.2. The van der Waals surface area contributed by atoms with Crippen molar-refractivity contribution in [1.29, 1.82) is 0 Å². The lowest BCUT2D eigenvalue weighted by Gasteiger charge is -2.39. The molecule has 2 heterocycles. The number of nitrogens with zero attached hydrogens (tertiary/aromatic N) is 2. The van der Waals surface area contributed by atoms with Crippen molar-refractivity contribution in [2.75, 3.05) is 37.5 Å². The van der Waals surface area contributed by atoms with Crippen LogP contribution in [0.25, 0.3) is 0 Å². The van der Waals surface area contributed by atoms with Gasteiger partial charge < -0.3 is 15.0 Å². The lowest BCUT2D eigenvalue weighted by atomic mass is 10.1. The van der Waals surface area contributed by atoms with E-state index in [4.69, 9.17) is 9.72 Å². The van der Waals surface area contributed by atoms with E-state index in [1.165, 1.54) is 16.9 Å². The molecule has 4 nitrogen and oxygen atoms in total. The molecule has 0 aromatic carbocycles. The molecule has 0 spiro atoms. The fourth-order valence-electron chi connectivity index (χ4n) is 2.66. The molecule has 1 fully saturated rings. The Hall–Kier alpha value is -0.780. The summed E-state index contributed by atoms with van der Waals surface area (Å²) in [6.45, 7) is 10.3. The maximum Gasteiger partial charge on any atom is 0.131 e. The average Bonchev–Trinajstić information content (AvgIpc) is 2.47. The van der Waals surface area contributed by atoms with E-state index >= 15 is 0 Å². The van der Waals surface area contributed by atoms with Gasteiger partial charge in [-0.1, -0.05) is 6.92 Å². The predicted octanol–water partition coefficient (Wildman–Crippen LogP) is 2.46. The monoisotopic (exact) mass is 309 g/mol. The van der Waals surface area contributed by atoms with Gasteiger partial charge in [-0.25, -0.2) is 4.98 Å². The Kier molecular flexibility index (Phi) is 6.33. The van der Waals surface area contributed by atoms with Crippen molar-refractivity contribution in [1.82, 2.24) is 10.3 Å². The lowest BCUT2D eigenvalue weighted by molar-refractivity contribution is 0.199. The molecule has 1 aromatic rings. The maximum absolute atomic E-state index is 5.04. The number of anilines is 1. The third kappa shape index (κ3) is 4.34. The molecule has 5 heteroatoms. The fourth-order valence-corrected chi connectivity index (χ4v) is 3.76. The van der Waals surface area contributed by atoms with Crippen molar-refractivity contribution in [3.63, 3.8) is 0 Å². The van der Waals surface area contributed by atoms with Crippen LogP contribution in [-0.2, 0) is 11.3 Å². The van der Waals surface area contributed by atoms with Crippen LogP contribution < -0.4 is 10.2 Å². The second kappa shape index (κ2) is 8.01. The first-order chi connectivity index (χ1) is 10.1. The zero-order valence-corrected chi connectivity index (χ0v) is 14.4. The van der Waals surface area contributed by atoms with Gasteiger partial charge in [-0.2, -0.15) is 11.8 Å². The summed E-state index contributed by atoms with van der Waals surface area (Å²) in [7, 11) is 1.72. The molecule has 118 valence electrons. The van der Waals surface area contributed by atoms with Crippen LogP contribution in [0.15, 0.2) is 12.3 Å². The second-order valence-electron chi connectivity index (χ2n) is 5.66. The highest BCUT2D eigenvalue weighted by Crippen LogP contribution is 2.29. The summed E-state index contributed by atoms with van der Waals surface area (Å²) in [5, 5.41) is 4.03. The van der Waals surface area contributed by atoms with Crippen LogP contribution in [0.5, 0.6) is 0 Å². The Balaban J connectivity index is 2.01. The summed E-state index contributed by atoms with van der Waals surface area (Å²) in [6.07, 6.45) is 2.00. The molecular formula is C16H27N3OS. The number of aromatic nitrogens is 1. The summed E-state index contributed by atoms with van der Waals surface area (Å²) in [4.78, 5) is 7.19. The molecule has 0 saturated carbocycles. The molecule has 1 aliphatic heterocycles. The van der Waals surface area contributed by atoms with Gasteiger partial charge in [-0.15, -0.1) is 0 Å². The van der Waals surface area contributed by atoms with E-state index in [2.05, 4.69) is 48.8 Å². The molecule has 2 atom stereocenters. The van der Waals surface area contributed by atoms with Crippen molar-refractivity contribution >= 4 is 17.6 Å². The molecule has 2 rings (SSSR count). The zero-order valence-electron chi connectivity index (χ0n) is 13.6. The number of ether oxygens (including phenoxy) is 1. The maximum atomic E-state index is 5.04. The normalized spacial score (nSPS) is 22.6. The van der Waals surface area contributed by atoms with Gasteiger partial charge in [-0.3, -0.25) is 0 Å². The number of rotatable bonds is 6. The van der Waals surface area contributed by atoms with Crippen molar-refractivity contribution in [3.8, 4) is 0 Å². The van der Waals surface area contributed by atoms with Crippen LogP contribution in [0.4, 0.5) is 5.82 Å². The minimum Gasteiger partial charge on any atom is -0.383 e. The Morgan fingerprint density at radius 1 is 1.48 bits per heavy atom. The molecule has 1 aromatic heterocycles. The van der Waals surface area contributed by atoms with E-state index in [0.717, 1.165) is 32.1 Å². The van der Waals surface area contributed by atoms with Crippen molar-refractivity contribution in [2.45, 2.75) is 38.6 Å². The number of nitrogens with one attached hydrogen (secondary N) is 1. The van der Waals surface area contributed by atoms with E-state index in [-0.39, 0.29) is 0 Å². The topological polar surface area (TPSA) is 37.4 Å². The van der Waals surface area contributed by atoms with Crippen LogP contribution >= 0.6 is 11.8 Å². The first-order valence-electron chi connectivity index (χ1n) is 7.67. The standard InChI is InChI=1S/C16H27N3OS/c1-12-9-15(10-17-5-7-20-4)11-18-16(12)19-6-8-21-14(3)13(19)2/h9,11,13-14,17H,5-8,10H2,1-4H3. The van der Waals surface area contributed by atoms with Gasteiger partial charge in [-0.05, 0) is 31.0 Å². The highest BCUT2D eigenvalue weighted by molar-refractivity contribution is 8.00. The molecule has 2 unspecified atom stereocenters. The summed E-state index contributed by atoms with van der Waals surface area (Å²) in [6, 6.07) is 2.79. The first kappa shape index (κ1) is 16.6. The molecule has 1 N–H and O–H groups in total. The number of hydrogen-bond donors (Lipinski definition) is 1. The van der Waals surface area contributed by atoms with Gasteiger partial charge in [0.15, 0.2) is 0 Å². The number of aryl methyl sites for hydroxylation is 1. The molecule has 1 aliphatic rings. The van der Waals surface area contributed by atoms with Crippen LogP contribution in [-0.4, -0.2) is 48.8 Å². The second-order valence-corrected chi connectivity index (χ2v) is 7.15. The molecule has 1 saturated heterocycles. The van der Waals surface area contributed by atoms with Gasteiger partial charge in [0, 0.05) is 50.0 Å². The van der Waals surface area contributed by atoms with E-state index in [0.29, 0.717) is 11.3 Å². The molecule has 0 radical (unpaired) electrons. The smallest absolute Gasteiger partial charge is 0.131 e. The summed E-state index contributed by atoms with van der Waals surface area (Å²) in [5.41, 5.74) is 2.51. The van der Waals surface area contributed by atoms with Crippen molar-refractivity contribution in [2.24, 2.45) is 0 Å². The van der Waals surface area contributed by atoms with Crippen LogP contribution in [0.1, 0.15) is 25.0 Å². The average molecular weight is 309 g/mol.